The summed E-state index contributed by atoms with van der Waals surface area (Å²) >= 11 is 1.56. The van der Waals surface area contributed by atoms with E-state index in [1.807, 2.05) is 23.1 Å². The van der Waals surface area contributed by atoms with Crippen LogP contribution in [0.15, 0.2) is 23.7 Å². The molecule has 0 radical (unpaired) electrons. The van der Waals surface area contributed by atoms with Crippen LogP contribution < -0.4 is 5.73 Å². The molecule has 1 amide bonds. The van der Waals surface area contributed by atoms with Gasteiger partial charge < -0.3 is 10.6 Å². The highest BCUT2D eigenvalue weighted by atomic mass is 32.1. The van der Waals surface area contributed by atoms with E-state index in [0.29, 0.717) is 6.54 Å². The second-order valence-corrected chi connectivity index (χ2v) is 6.41. The van der Waals surface area contributed by atoms with E-state index in [0.717, 1.165) is 35.3 Å². The molecule has 1 aromatic heterocycles. The van der Waals surface area contributed by atoms with Crippen LogP contribution in [0.1, 0.15) is 23.7 Å². The van der Waals surface area contributed by atoms with Crippen molar-refractivity contribution in [3.05, 3.63) is 29.3 Å². The number of amides is 1. The Bertz CT molecular complexity index is 624. The van der Waals surface area contributed by atoms with Gasteiger partial charge in [0.25, 0.3) is 5.91 Å². The molecular weight excluding hydrogens is 258 g/mol. The van der Waals surface area contributed by atoms with Crippen molar-refractivity contribution in [3.8, 4) is 0 Å². The van der Waals surface area contributed by atoms with Gasteiger partial charge in [-0.1, -0.05) is 6.92 Å². The molecule has 1 aromatic carbocycles. The van der Waals surface area contributed by atoms with E-state index in [1.165, 1.54) is 0 Å². The summed E-state index contributed by atoms with van der Waals surface area (Å²) in [7, 11) is 0. The summed E-state index contributed by atoms with van der Waals surface area (Å²) in [6.07, 6.45) is 0.984. The van der Waals surface area contributed by atoms with Gasteiger partial charge in [-0.05, 0) is 36.6 Å². The summed E-state index contributed by atoms with van der Waals surface area (Å²) < 4.78 is 1.06. The molecule has 0 spiro atoms. The first kappa shape index (κ1) is 12.6. The first-order chi connectivity index (χ1) is 9.11. The fourth-order valence-corrected chi connectivity index (χ4v) is 3.25. The standard InChI is InChI=1S/C14H17N3OS/c1-14(7-15)4-5-17(8-14)13(18)10-2-3-11-12(6-10)19-9-16-11/h2-3,6,9H,4-5,7-8,15H2,1H3. The smallest absolute Gasteiger partial charge is 0.253 e. The Morgan fingerprint density at radius 2 is 2.42 bits per heavy atom. The number of carbonyl (C=O) groups excluding carboxylic acids is 1. The van der Waals surface area contributed by atoms with Crippen molar-refractivity contribution in [1.82, 2.24) is 9.88 Å². The number of nitrogens with zero attached hydrogens (tertiary/aromatic N) is 2. The number of thiazole rings is 1. The molecule has 0 saturated carbocycles. The second kappa shape index (κ2) is 4.58. The van der Waals surface area contributed by atoms with E-state index >= 15 is 0 Å². The highest BCUT2D eigenvalue weighted by Crippen LogP contribution is 2.30. The van der Waals surface area contributed by atoms with Crippen LogP contribution >= 0.6 is 11.3 Å². The number of nitrogens with two attached hydrogens (primary N) is 1. The largest absolute Gasteiger partial charge is 0.338 e. The molecular formula is C14H17N3OS. The van der Waals surface area contributed by atoms with E-state index in [-0.39, 0.29) is 11.3 Å². The number of fused-ring (bicyclic) bond motifs is 1. The van der Waals surface area contributed by atoms with Gasteiger partial charge in [0.1, 0.15) is 0 Å². The van der Waals surface area contributed by atoms with Crippen molar-refractivity contribution >= 4 is 27.5 Å². The third kappa shape index (κ3) is 2.24. The first-order valence-corrected chi connectivity index (χ1v) is 7.32. The highest BCUT2D eigenvalue weighted by Gasteiger charge is 2.35. The monoisotopic (exact) mass is 275 g/mol. The van der Waals surface area contributed by atoms with Gasteiger partial charge in [-0.15, -0.1) is 11.3 Å². The van der Waals surface area contributed by atoms with E-state index in [2.05, 4.69) is 11.9 Å². The lowest BCUT2D eigenvalue weighted by Crippen LogP contribution is -2.34. The minimum absolute atomic E-state index is 0.0737. The Labute approximate surface area is 116 Å². The molecule has 1 atom stereocenters. The van der Waals surface area contributed by atoms with E-state index < -0.39 is 0 Å². The van der Waals surface area contributed by atoms with Crippen LogP contribution in [0.25, 0.3) is 10.2 Å². The van der Waals surface area contributed by atoms with Crippen LogP contribution in [-0.2, 0) is 0 Å². The van der Waals surface area contributed by atoms with Crippen molar-refractivity contribution in [2.75, 3.05) is 19.6 Å². The predicted octanol–water partition coefficient (Wildman–Crippen LogP) is 2.11. The maximum Gasteiger partial charge on any atom is 0.253 e. The fraction of sp³-hybridized carbons (Fsp3) is 0.429. The summed E-state index contributed by atoms with van der Waals surface area (Å²) in [5.41, 5.74) is 9.37. The van der Waals surface area contributed by atoms with Crippen molar-refractivity contribution in [2.24, 2.45) is 11.1 Å². The summed E-state index contributed by atoms with van der Waals surface area (Å²) in [6, 6.07) is 5.72. The average Bonchev–Trinajstić information content (AvgIpc) is 3.04. The lowest BCUT2D eigenvalue weighted by atomic mass is 9.90. The van der Waals surface area contributed by atoms with Gasteiger partial charge in [-0.25, -0.2) is 4.98 Å². The molecule has 100 valence electrons. The van der Waals surface area contributed by atoms with Crippen LogP contribution in [0.4, 0.5) is 0 Å². The molecule has 1 aliphatic rings. The Balaban J connectivity index is 1.84. The molecule has 2 aromatic rings. The maximum absolute atomic E-state index is 12.5. The van der Waals surface area contributed by atoms with Crippen molar-refractivity contribution in [1.29, 1.82) is 0 Å². The average molecular weight is 275 g/mol. The van der Waals surface area contributed by atoms with Crippen molar-refractivity contribution < 1.29 is 4.79 Å². The summed E-state index contributed by atoms with van der Waals surface area (Å²) in [5, 5.41) is 0. The summed E-state index contributed by atoms with van der Waals surface area (Å²) in [6.45, 7) is 4.33. The lowest BCUT2D eigenvalue weighted by Gasteiger charge is -2.22. The molecule has 5 heteroatoms. The molecule has 1 fully saturated rings. The van der Waals surface area contributed by atoms with Gasteiger partial charge in [0.05, 0.1) is 15.7 Å². The van der Waals surface area contributed by atoms with Crippen LogP contribution in [0.3, 0.4) is 0 Å². The molecule has 1 aliphatic heterocycles. The molecule has 1 unspecified atom stereocenters. The van der Waals surface area contributed by atoms with Crippen LogP contribution in [0, 0.1) is 5.41 Å². The molecule has 19 heavy (non-hydrogen) atoms. The van der Waals surface area contributed by atoms with Crippen LogP contribution in [-0.4, -0.2) is 35.4 Å². The number of aromatic nitrogens is 1. The quantitative estimate of drug-likeness (QED) is 0.913. The van der Waals surface area contributed by atoms with Gasteiger partial charge in [-0.3, -0.25) is 4.79 Å². The summed E-state index contributed by atoms with van der Waals surface area (Å²) in [5.74, 6) is 0.104. The first-order valence-electron chi connectivity index (χ1n) is 6.44. The zero-order chi connectivity index (χ0) is 13.5. The highest BCUT2D eigenvalue weighted by molar-refractivity contribution is 7.16. The molecule has 2 N–H and O–H groups in total. The Kier molecular flexibility index (Phi) is 3.03. The van der Waals surface area contributed by atoms with E-state index in [9.17, 15) is 4.79 Å². The number of hydrogen-bond acceptors (Lipinski definition) is 4. The number of hydrogen-bond donors (Lipinski definition) is 1. The molecule has 0 aliphatic carbocycles. The minimum atomic E-state index is 0.0737. The third-order valence-electron chi connectivity index (χ3n) is 3.92. The minimum Gasteiger partial charge on any atom is -0.338 e. The molecule has 4 nitrogen and oxygen atoms in total. The molecule has 0 bridgehead atoms. The second-order valence-electron chi connectivity index (χ2n) is 5.53. The fourth-order valence-electron chi connectivity index (χ4n) is 2.53. The van der Waals surface area contributed by atoms with Gasteiger partial charge in [0.15, 0.2) is 0 Å². The van der Waals surface area contributed by atoms with Gasteiger partial charge >= 0.3 is 0 Å². The van der Waals surface area contributed by atoms with Gasteiger partial charge in [0.2, 0.25) is 0 Å². The predicted molar refractivity (Wildman–Crippen MR) is 77.3 cm³/mol. The number of benzene rings is 1. The van der Waals surface area contributed by atoms with Crippen molar-refractivity contribution in [2.45, 2.75) is 13.3 Å². The van der Waals surface area contributed by atoms with Crippen molar-refractivity contribution in [3.63, 3.8) is 0 Å². The Morgan fingerprint density at radius 3 is 3.16 bits per heavy atom. The molecule has 2 heterocycles. The molecule has 3 rings (SSSR count). The molecule has 1 saturated heterocycles. The van der Waals surface area contributed by atoms with E-state index in [1.54, 1.807) is 16.8 Å². The zero-order valence-corrected chi connectivity index (χ0v) is 11.7. The number of likely N-dealkylation sites (tertiary alicyclic amines) is 1. The lowest BCUT2D eigenvalue weighted by molar-refractivity contribution is 0.0777. The van der Waals surface area contributed by atoms with Gasteiger partial charge in [0, 0.05) is 18.7 Å². The Morgan fingerprint density at radius 1 is 1.58 bits per heavy atom. The third-order valence-corrected chi connectivity index (χ3v) is 4.71. The zero-order valence-electron chi connectivity index (χ0n) is 10.9. The van der Waals surface area contributed by atoms with Crippen LogP contribution in [0.2, 0.25) is 0 Å². The normalized spacial score (nSPS) is 23.2. The topological polar surface area (TPSA) is 59.2 Å². The van der Waals surface area contributed by atoms with E-state index in [4.69, 9.17) is 5.73 Å². The summed E-state index contributed by atoms with van der Waals surface area (Å²) in [4.78, 5) is 18.6. The number of rotatable bonds is 2. The van der Waals surface area contributed by atoms with Crippen LogP contribution in [0.5, 0.6) is 0 Å². The number of carbonyl (C=O) groups is 1. The van der Waals surface area contributed by atoms with Gasteiger partial charge in [-0.2, -0.15) is 0 Å². The Hall–Kier alpha value is -1.46. The maximum atomic E-state index is 12.5. The SMILES string of the molecule is CC1(CN)CCN(C(=O)c2ccc3ncsc3c2)C1.